The van der Waals surface area contributed by atoms with Crippen molar-refractivity contribution < 1.29 is 5.11 Å². The molecule has 0 aliphatic carbocycles. The molecule has 0 radical (unpaired) electrons. The normalized spacial score (nSPS) is 10.4. The van der Waals surface area contributed by atoms with Gasteiger partial charge in [0.1, 0.15) is 0 Å². The zero-order valence-corrected chi connectivity index (χ0v) is 7.99. The monoisotopic (exact) mass is 188 g/mol. The van der Waals surface area contributed by atoms with Crippen molar-refractivity contribution in [2.75, 3.05) is 5.73 Å². The first-order valence-electron chi connectivity index (χ1n) is 4.25. The van der Waals surface area contributed by atoms with Crippen molar-refractivity contribution in [2.45, 2.75) is 13.5 Å². The largest absolute Gasteiger partial charge is 0.398 e. The second-order valence-electron chi connectivity index (χ2n) is 3.03. The molecule has 0 saturated carbocycles. The van der Waals surface area contributed by atoms with Crippen LogP contribution in [0.1, 0.15) is 16.7 Å². The molecular formula is C11H12N2O. The molecule has 1 rings (SSSR count). The molecule has 1 aromatic rings. The van der Waals surface area contributed by atoms with Crippen LogP contribution in [0.5, 0.6) is 0 Å². The Morgan fingerprint density at radius 3 is 2.86 bits per heavy atom. The van der Waals surface area contributed by atoms with E-state index in [1.165, 1.54) is 6.08 Å². The fraction of sp³-hybridized carbons (Fsp3) is 0.182. The molecule has 0 bridgehead atoms. The van der Waals surface area contributed by atoms with Crippen LogP contribution in [0.15, 0.2) is 18.2 Å². The summed E-state index contributed by atoms with van der Waals surface area (Å²) in [5, 5.41) is 17.4. The van der Waals surface area contributed by atoms with E-state index < -0.39 is 0 Å². The number of anilines is 1. The molecular weight excluding hydrogens is 176 g/mol. The van der Waals surface area contributed by atoms with Gasteiger partial charge in [0, 0.05) is 17.3 Å². The standard InChI is InChI=1S/C11H12N2O/c1-8-5-9(3-2-4-12)6-10(7-14)11(8)13/h2-3,5-6,14H,7,13H2,1H3/b3-2+. The minimum atomic E-state index is -0.0824. The molecule has 14 heavy (non-hydrogen) atoms. The van der Waals surface area contributed by atoms with Gasteiger partial charge in [0.15, 0.2) is 0 Å². The van der Waals surface area contributed by atoms with E-state index in [0.29, 0.717) is 11.3 Å². The lowest BCUT2D eigenvalue weighted by Gasteiger charge is -2.07. The van der Waals surface area contributed by atoms with Gasteiger partial charge >= 0.3 is 0 Å². The van der Waals surface area contributed by atoms with Gasteiger partial charge in [-0.3, -0.25) is 0 Å². The van der Waals surface area contributed by atoms with E-state index in [1.54, 1.807) is 12.1 Å². The maximum absolute atomic E-state index is 9.02. The van der Waals surface area contributed by atoms with Crippen molar-refractivity contribution in [1.29, 1.82) is 5.26 Å². The third kappa shape index (κ3) is 2.12. The van der Waals surface area contributed by atoms with Gasteiger partial charge in [-0.1, -0.05) is 0 Å². The average Bonchev–Trinajstić information content (AvgIpc) is 2.19. The van der Waals surface area contributed by atoms with Crippen LogP contribution in [0.2, 0.25) is 0 Å². The number of aliphatic hydroxyl groups is 1. The van der Waals surface area contributed by atoms with Gasteiger partial charge in [-0.2, -0.15) is 5.26 Å². The topological polar surface area (TPSA) is 70.0 Å². The molecule has 0 amide bonds. The number of nitrogens with two attached hydrogens (primary N) is 1. The summed E-state index contributed by atoms with van der Waals surface area (Å²) in [5.74, 6) is 0. The van der Waals surface area contributed by atoms with Crippen molar-refractivity contribution in [2.24, 2.45) is 0 Å². The van der Waals surface area contributed by atoms with Crippen molar-refractivity contribution in [1.82, 2.24) is 0 Å². The Kier molecular flexibility index (Phi) is 3.27. The molecule has 0 aliphatic heterocycles. The minimum Gasteiger partial charge on any atom is -0.398 e. The maximum Gasteiger partial charge on any atom is 0.0912 e. The van der Waals surface area contributed by atoms with Gasteiger partial charge < -0.3 is 10.8 Å². The van der Waals surface area contributed by atoms with Gasteiger partial charge in [-0.25, -0.2) is 0 Å². The molecule has 0 spiro atoms. The smallest absolute Gasteiger partial charge is 0.0912 e. The van der Waals surface area contributed by atoms with Crippen LogP contribution in [0.3, 0.4) is 0 Å². The van der Waals surface area contributed by atoms with Crippen molar-refractivity contribution in [3.63, 3.8) is 0 Å². The Labute approximate surface area is 83.1 Å². The predicted molar refractivity (Wildman–Crippen MR) is 56.2 cm³/mol. The Morgan fingerprint density at radius 1 is 1.57 bits per heavy atom. The van der Waals surface area contributed by atoms with Gasteiger partial charge in [-0.15, -0.1) is 0 Å². The number of nitrogens with zero attached hydrogens (tertiary/aromatic N) is 1. The predicted octanol–water partition coefficient (Wildman–Crippen LogP) is 1.61. The van der Waals surface area contributed by atoms with Crippen LogP contribution >= 0.6 is 0 Å². The van der Waals surface area contributed by atoms with E-state index in [1.807, 2.05) is 19.1 Å². The number of aryl methyl sites for hydroxylation is 1. The zero-order valence-electron chi connectivity index (χ0n) is 7.99. The summed E-state index contributed by atoms with van der Waals surface area (Å²) in [4.78, 5) is 0. The molecule has 1 aromatic carbocycles. The highest BCUT2D eigenvalue weighted by atomic mass is 16.3. The molecule has 0 heterocycles. The zero-order chi connectivity index (χ0) is 10.6. The van der Waals surface area contributed by atoms with Crippen LogP contribution in [0.25, 0.3) is 6.08 Å². The molecule has 72 valence electrons. The highest BCUT2D eigenvalue weighted by Crippen LogP contribution is 2.20. The van der Waals surface area contributed by atoms with E-state index in [-0.39, 0.29) is 6.61 Å². The fourth-order valence-electron chi connectivity index (χ4n) is 1.26. The number of nitriles is 1. The number of aliphatic hydroxyl groups excluding tert-OH is 1. The number of allylic oxidation sites excluding steroid dienone is 1. The average molecular weight is 188 g/mol. The Hall–Kier alpha value is -1.79. The Morgan fingerprint density at radius 2 is 2.29 bits per heavy atom. The summed E-state index contributed by atoms with van der Waals surface area (Å²) < 4.78 is 0. The summed E-state index contributed by atoms with van der Waals surface area (Å²) >= 11 is 0. The molecule has 3 heteroatoms. The number of hydrogen-bond acceptors (Lipinski definition) is 3. The Balaban J connectivity index is 3.17. The van der Waals surface area contributed by atoms with Crippen molar-refractivity contribution in [3.05, 3.63) is 34.9 Å². The number of hydrogen-bond donors (Lipinski definition) is 2. The van der Waals surface area contributed by atoms with E-state index in [0.717, 1.165) is 11.1 Å². The summed E-state index contributed by atoms with van der Waals surface area (Å²) in [6, 6.07) is 5.56. The van der Waals surface area contributed by atoms with Gasteiger partial charge in [0.25, 0.3) is 0 Å². The lowest BCUT2D eigenvalue weighted by molar-refractivity contribution is 0.282. The fourth-order valence-corrected chi connectivity index (χ4v) is 1.26. The van der Waals surface area contributed by atoms with Gasteiger partial charge in [0.05, 0.1) is 12.7 Å². The minimum absolute atomic E-state index is 0.0824. The highest BCUT2D eigenvalue weighted by Gasteiger charge is 2.02. The highest BCUT2D eigenvalue weighted by molar-refractivity contribution is 5.62. The quantitative estimate of drug-likeness (QED) is 0.547. The molecule has 0 saturated heterocycles. The maximum atomic E-state index is 9.02. The third-order valence-corrected chi connectivity index (χ3v) is 2.02. The van der Waals surface area contributed by atoms with E-state index >= 15 is 0 Å². The molecule has 0 aliphatic rings. The number of rotatable bonds is 2. The molecule has 0 atom stereocenters. The van der Waals surface area contributed by atoms with Crippen LogP contribution in [-0.4, -0.2) is 5.11 Å². The molecule has 3 nitrogen and oxygen atoms in total. The first kappa shape index (κ1) is 10.3. The second kappa shape index (κ2) is 4.45. The molecule has 0 fully saturated rings. The molecule has 3 N–H and O–H groups in total. The lowest BCUT2D eigenvalue weighted by Crippen LogP contribution is -1.97. The van der Waals surface area contributed by atoms with Gasteiger partial charge in [0.2, 0.25) is 0 Å². The van der Waals surface area contributed by atoms with E-state index in [9.17, 15) is 0 Å². The summed E-state index contributed by atoms with van der Waals surface area (Å²) in [6.45, 7) is 1.79. The first-order valence-corrected chi connectivity index (χ1v) is 4.25. The first-order chi connectivity index (χ1) is 6.69. The van der Waals surface area contributed by atoms with Crippen LogP contribution in [-0.2, 0) is 6.61 Å². The lowest BCUT2D eigenvalue weighted by atomic mass is 10.0. The van der Waals surface area contributed by atoms with Crippen LogP contribution in [0.4, 0.5) is 5.69 Å². The second-order valence-corrected chi connectivity index (χ2v) is 3.03. The number of benzene rings is 1. The Bertz CT molecular complexity index is 402. The van der Waals surface area contributed by atoms with Crippen LogP contribution < -0.4 is 5.73 Å². The summed E-state index contributed by atoms with van der Waals surface area (Å²) in [6.07, 6.45) is 3.08. The molecule has 0 aromatic heterocycles. The van der Waals surface area contributed by atoms with Crippen molar-refractivity contribution in [3.8, 4) is 6.07 Å². The van der Waals surface area contributed by atoms with Crippen LogP contribution in [0, 0.1) is 18.3 Å². The molecule has 0 unspecified atom stereocenters. The van der Waals surface area contributed by atoms with E-state index in [4.69, 9.17) is 16.1 Å². The summed E-state index contributed by atoms with van der Waals surface area (Å²) in [7, 11) is 0. The summed E-state index contributed by atoms with van der Waals surface area (Å²) in [5.41, 5.74) is 8.84. The van der Waals surface area contributed by atoms with Gasteiger partial charge in [-0.05, 0) is 36.3 Å². The van der Waals surface area contributed by atoms with E-state index in [2.05, 4.69) is 0 Å². The SMILES string of the molecule is Cc1cc(/C=C/C#N)cc(CO)c1N. The van der Waals surface area contributed by atoms with Crippen molar-refractivity contribution >= 4 is 11.8 Å². The third-order valence-electron chi connectivity index (χ3n) is 2.02. The number of nitrogen functional groups attached to an aromatic ring is 1.